The summed E-state index contributed by atoms with van der Waals surface area (Å²) in [5.41, 5.74) is 0.998. The van der Waals surface area contributed by atoms with Crippen LogP contribution in [0.25, 0.3) is 6.08 Å². The number of aliphatic hydroxyl groups is 1. The minimum atomic E-state index is -1.71. The van der Waals surface area contributed by atoms with Crippen molar-refractivity contribution in [3.8, 4) is 0 Å². The number of halogens is 3. The summed E-state index contributed by atoms with van der Waals surface area (Å²) in [5, 5.41) is 16.4. The third-order valence-electron chi connectivity index (χ3n) is 2.55. The van der Waals surface area contributed by atoms with Crippen LogP contribution in [-0.2, 0) is 3.79 Å². The maximum Gasteiger partial charge on any atom is 0.268 e. The number of hydrogen-bond acceptors (Lipinski definition) is 4. The molecule has 0 amide bonds. The molecule has 1 unspecified atom stereocenters. The molecule has 0 aromatic carbocycles. The van der Waals surface area contributed by atoms with Gasteiger partial charge in [-0.15, -0.1) is 10.2 Å². The lowest BCUT2D eigenvalue weighted by Crippen LogP contribution is -2.03. The molecule has 0 bridgehead atoms. The Kier molecular flexibility index (Phi) is 4.68. The highest BCUT2D eigenvalue weighted by Gasteiger charge is 2.29. The quantitative estimate of drug-likeness (QED) is 0.867. The van der Waals surface area contributed by atoms with Gasteiger partial charge in [0.1, 0.15) is 0 Å². The van der Waals surface area contributed by atoms with Gasteiger partial charge in [0.15, 0.2) is 0 Å². The normalized spacial score (nSPS) is 20.0. The molecule has 1 atom stereocenters. The second-order valence-electron chi connectivity index (χ2n) is 4.02. The zero-order chi connectivity index (χ0) is 13.9. The van der Waals surface area contributed by atoms with Crippen molar-refractivity contribution in [1.29, 1.82) is 0 Å². The first kappa shape index (κ1) is 14.6. The van der Waals surface area contributed by atoms with E-state index in [0.29, 0.717) is 0 Å². The van der Waals surface area contributed by atoms with Crippen molar-refractivity contribution in [2.75, 3.05) is 6.61 Å². The van der Waals surface area contributed by atoms with Crippen LogP contribution in [0, 0.1) is 5.92 Å². The number of aliphatic hydroxyl groups excluding tert-OH is 1. The average Bonchev–Trinajstić information content (AvgIpc) is 2.86. The van der Waals surface area contributed by atoms with Crippen molar-refractivity contribution in [2.45, 2.75) is 10.2 Å². The molecule has 102 valence electrons. The largest absolute Gasteiger partial charge is 0.417 e. The topological polar surface area (TPSA) is 59.2 Å². The first-order valence-corrected chi connectivity index (χ1v) is 6.70. The molecule has 7 heteroatoms. The van der Waals surface area contributed by atoms with Gasteiger partial charge in [-0.25, -0.2) is 0 Å². The van der Waals surface area contributed by atoms with E-state index in [4.69, 9.17) is 44.3 Å². The smallest absolute Gasteiger partial charge is 0.268 e. The Hall–Kier alpha value is -0.810. The van der Waals surface area contributed by atoms with Crippen molar-refractivity contribution in [3.05, 3.63) is 41.7 Å². The number of rotatable bonds is 3. The van der Waals surface area contributed by atoms with E-state index < -0.39 is 3.79 Å². The van der Waals surface area contributed by atoms with Gasteiger partial charge < -0.3 is 9.52 Å². The molecule has 1 aliphatic carbocycles. The summed E-state index contributed by atoms with van der Waals surface area (Å²) in [6.45, 7) is 0.153. The highest BCUT2D eigenvalue weighted by molar-refractivity contribution is 6.66. The second kappa shape index (κ2) is 6.09. The number of hydrogen-bond donors (Lipinski definition) is 1. The van der Waals surface area contributed by atoms with Gasteiger partial charge in [-0.05, 0) is 18.1 Å². The molecule has 1 N–H and O–H groups in total. The Labute approximate surface area is 125 Å². The van der Waals surface area contributed by atoms with Crippen LogP contribution in [-0.4, -0.2) is 21.9 Å². The molecule has 0 saturated carbocycles. The molecule has 1 aromatic heterocycles. The van der Waals surface area contributed by atoms with Crippen LogP contribution < -0.4 is 0 Å². The number of allylic oxidation sites excluding steroid dienone is 4. The zero-order valence-corrected chi connectivity index (χ0v) is 12.0. The van der Waals surface area contributed by atoms with E-state index in [9.17, 15) is 0 Å². The van der Waals surface area contributed by atoms with Gasteiger partial charge >= 0.3 is 0 Å². The van der Waals surface area contributed by atoms with Crippen LogP contribution in [0.5, 0.6) is 0 Å². The van der Waals surface area contributed by atoms with E-state index in [1.54, 1.807) is 6.08 Å². The maximum atomic E-state index is 8.99. The van der Waals surface area contributed by atoms with Gasteiger partial charge in [0.25, 0.3) is 9.68 Å². The van der Waals surface area contributed by atoms with E-state index in [0.717, 1.165) is 12.0 Å². The molecular weight excluding hydrogens is 311 g/mol. The number of aromatic nitrogens is 2. The lowest BCUT2D eigenvalue weighted by molar-refractivity contribution is 0.253. The van der Waals surface area contributed by atoms with Crippen LogP contribution >= 0.6 is 34.8 Å². The molecule has 0 aliphatic heterocycles. The highest BCUT2D eigenvalue weighted by Crippen LogP contribution is 2.37. The van der Waals surface area contributed by atoms with Gasteiger partial charge in [-0.3, -0.25) is 0 Å². The van der Waals surface area contributed by atoms with Crippen LogP contribution in [0.3, 0.4) is 0 Å². The number of alkyl halides is 3. The standard InChI is InChI=1S/C12H11Cl3N2O2/c13-12(14,15)11-17-16-10(19-11)6-5-8-1-3-9(7-18)4-2-8/h1-3,5-6,9,18H,4,7H2. The van der Waals surface area contributed by atoms with E-state index in [2.05, 4.69) is 10.2 Å². The lowest BCUT2D eigenvalue weighted by atomic mass is 9.97. The monoisotopic (exact) mass is 320 g/mol. The SMILES string of the molecule is OCC1C=CC(C=Cc2nnc(C(Cl)(Cl)Cl)o2)=CC1. The Balaban J connectivity index is 2.02. The highest BCUT2D eigenvalue weighted by atomic mass is 35.6. The van der Waals surface area contributed by atoms with E-state index in [1.807, 2.05) is 24.3 Å². The van der Waals surface area contributed by atoms with Crippen LogP contribution in [0.15, 0.2) is 34.3 Å². The minimum absolute atomic E-state index is 0.0642. The van der Waals surface area contributed by atoms with Crippen molar-refractivity contribution in [3.63, 3.8) is 0 Å². The van der Waals surface area contributed by atoms with Gasteiger partial charge in [0.05, 0.1) is 0 Å². The van der Waals surface area contributed by atoms with Crippen molar-refractivity contribution in [1.82, 2.24) is 10.2 Å². The summed E-state index contributed by atoms with van der Waals surface area (Å²) in [7, 11) is 0. The van der Waals surface area contributed by atoms with Gasteiger partial charge in [-0.2, -0.15) is 0 Å². The Morgan fingerprint density at radius 3 is 2.68 bits per heavy atom. The predicted molar refractivity (Wildman–Crippen MR) is 75.0 cm³/mol. The van der Waals surface area contributed by atoms with Gasteiger partial charge in [-0.1, -0.05) is 53.0 Å². The predicted octanol–water partition coefficient (Wildman–Crippen LogP) is 3.40. The summed E-state index contributed by atoms with van der Waals surface area (Å²) in [5.74, 6) is 0.391. The van der Waals surface area contributed by atoms with Crippen molar-refractivity contribution in [2.24, 2.45) is 5.92 Å². The van der Waals surface area contributed by atoms with E-state index >= 15 is 0 Å². The third kappa shape index (κ3) is 4.08. The fourth-order valence-electron chi connectivity index (χ4n) is 1.52. The molecule has 0 fully saturated rings. The number of nitrogens with zero attached hydrogens (tertiary/aromatic N) is 2. The summed E-state index contributed by atoms with van der Waals surface area (Å²) < 4.78 is 3.47. The molecule has 0 spiro atoms. The summed E-state index contributed by atoms with van der Waals surface area (Å²) in [6.07, 6.45) is 10.2. The first-order chi connectivity index (χ1) is 8.99. The lowest BCUT2D eigenvalue weighted by Gasteiger charge is -2.10. The summed E-state index contributed by atoms with van der Waals surface area (Å²) in [6, 6.07) is 0. The van der Waals surface area contributed by atoms with Gasteiger partial charge in [0, 0.05) is 18.6 Å². The van der Waals surface area contributed by atoms with Crippen LogP contribution in [0.4, 0.5) is 0 Å². The molecule has 4 nitrogen and oxygen atoms in total. The summed E-state index contributed by atoms with van der Waals surface area (Å²) >= 11 is 16.9. The molecule has 0 radical (unpaired) electrons. The molecule has 1 aromatic rings. The van der Waals surface area contributed by atoms with Crippen molar-refractivity contribution < 1.29 is 9.52 Å². The van der Waals surface area contributed by atoms with Crippen molar-refractivity contribution >= 4 is 40.9 Å². The fraction of sp³-hybridized carbons (Fsp3) is 0.333. The molecule has 1 heterocycles. The zero-order valence-electron chi connectivity index (χ0n) is 9.76. The van der Waals surface area contributed by atoms with Crippen LogP contribution in [0.2, 0.25) is 0 Å². The molecule has 19 heavy (non-hydrogen) atoms. The Bertz CT molecular complexity index is 529. The fourth-order valence-corrected chi connectivity index (χ4v) is 1.75. The maximum absolute atomic E-state index is 8.99. The molecule has 1 aliphatic rings. The summed E-state index contributed by atoms with van der Waals surface area (Å²) in [4.78, 5) is 0. The second-order valence-corrected chi connectivity index (χ2v) is 6.30. The Morgan fingerprint density at radius 2 is 2.16 bits per heavy atom. The molecule has 0 saturated heterocycles. The van der Waals surface area contributed by atoms with E-state index in [1.165, 1.54) is 0 Å². The molecular formula is C12H11Cl3N2O2. The first-order valence-electron chi connectivity index (χ1n) is 5.57. The Morgan fingerprint density at radius 1 is 1.37 bits per heavy atom. The van der Waals surface area contributed by atoms with Crippen LogP contribution in [0.1, 0.15) is 18.2 Å². The average molecular weight is 322 g/mol. The minimum Gasteiger partial charge on any atom is -0.417 e. The molecule has 2 rings (SSSR count). The third-order valence-corrected chi connectivity index (χ3v) is 3.04. The van der Waals surface area contributed by atoms with E-state index in [-0.39, 0.29) is 24.3 Å². The van der Waals surface area contributed by atoms with Gasteiger partial charge in [0.2, 0.25) is 5.89 Å².